The van der Waals surface area contributed by atoms with Crippen molar-refractivity contribution in [2.24, 2.45) is 0 Å². The van der Waals surface area contributed by atoms with Crippen LogP contribution in [0.4, 0.5) is 0 Å². The van der Waals surface area contributed by atoms with E-state index in [0.29, 0.717) is 34.3 Å². The molecular formula is C25H31Cl3N2O2S. The first kappa shape index (κ1) is 27.8. The fraction of sp³-hybridized carbons (Fsp3) is 0.440. The Morgan fingerprint density at radius 3 is 2.27 bits per heavy atom. The highest BCUT2D eigenvalue weighted by Gasteiger charge is 2.29. The summed E-state index contributed by atoms with van der Waals surface area (Å²) in [5, 5.41) is 4.73. The number of benzene rings is 2. The maximum atomic E-state index is 13.3. The first-order valence-electron chi connectivity index (χ1n) is 11.2. The molecule has 0 aliphatic rings. The molecule has 0 fully saturated rings. The molecular weight excluding hydrogens is 499 g/mol. The number of nitrogens with one attached hydrogen (secondary N) is 1. The number of thioether (sulfide) groups is 1. The highest BCUT2D eigenvalue weighted by Crippen LogP contribution is 2.25. The van der Waals surface area contributed by atoms with Gasteiger partial charge < -0.3 is 10.2 Å². The summed E-state index contributed by atoms with van der Waals surface area (Å²) < 4.78 is 0. The van der Waals surface area contributed by atoms with Crippen LogP contribution in [-0.2, 0) is 16.1 Å². The molecule has 2 aromatic carbocycles. The van der Waals surface area contributed by atoms with Gasteiger partial charge in [0.15, 0.2) is 0 Å². The van der Waals surface area contributed by atoms with Gasteiger partial charge in [0.25, 0.3) is 0 Å². The molecule has 33 heavy (non-hydrogen) atoms. The Morgan fingerprint density at radius 2 is 1.67 bits per heavy atom. The van der Waals surface area contributed by atoms with Crippen LogP contribution in [0.1, 0.15) is 52.0 Å². The van der Waals surface area contributed by atoms with Crippen LogP contribution >= 0.6 is 46.6 Å². The number of rotatable bonds is 12. The smallest absolute Gasteiger partial charge is 0.243 e. The van der Waals surface area contributed by atoms with Gasteiger partial charge in [0, 0.05) is 39.0 Å². The fourth-order valence-corrected chi connectivity index (χ4v) is 4.73. The second-order valence-corrected chi connectivity index (χ2v) is 10.4. The lowest BCUT2D eigenvalue weighted by atomic mass is 10.1. The van der Waals surface area contributed by atoms with Crippen LogP contribution in [0.2, 0.25) is 15.1 Å². The molecule has 0 aliphatic heterocycles. The zero-order valence-electron chi connectivity index (χ0n) is 19.2. The molecule has 2 rings (SSSR count). The van der Waals surface area contributed by atoms with Gasteiger partial charge in [-0.2, -0.15) is 0 Å². The van der Waals surface area contributed by atoms with Gasteiger partial charge in [-0.1, -0.05) is 54.7 Å². The van der Waals surface area contributed by atoms with Crippen molar-refractivity contribution >= 4 is 58.4 Å². The summed E-state index contributed by atoms with van der Waals surface area (Å²) in [6.07, 6.45) is 2.37. The largest absolute Gasteiger partial charge is 0.352 e. The van der Waals surface area contributed by atoms with E-state index in [1.807, 2.05) is 45.0 Å². The van der Waals surface area contributed by atoms with Crippen molar-refractivity contribution in [3.63, 3.8) is 0 Å². The normalized spacial score (nSPS) is 12.8. The molecule has 0 unspecified atom stereocenters. The third-order valence-corrected chi connectivity index (χ3v) is 7.30. The van der Waals surface area contributed by atoms with Crippen LogP contribution in [0.15, 0.2) is 47.4 Å². The summed E-state index contributed by atoms with van der Waals surface area (Å²) in [4.78, 5) is 29.0. The molecule has 0 radical (unpaired) electrons. The molecule has 4 nitrogen and oxygen atoms in total. The van der Waals surface area contributed by atoms with Gasteiger partial charge in [-0.05, 0) is 73.9 Å². The Bertz CT molecular complexity index is 924. The minimum atomic E-state index is -0.567. The van der Waals surface area contributed by atoms with Gasteiger partial charge in [-0.3, -0.25) is 9.59 Å². The van der Waals surface area contributed by atoms with Gasteiger partial charge in [-0.15, -0.1) is 11.8 Å². The van der Waals surface area contributed by atoms with Crippen molar-refractivity contribution in [3.8, 4) is 0 Å². The third-order valence-electron chi connectivity index (χ3n) is 5.36. The molecule has 1 N–H and O–H groups in total. The zero-order valence-corrected chi connectivity index (χ0v) is 22.3. The van der Waals surface area contributed by atoms with Crippen molar-refractivity contribution in [1.29, 1.82) is 0 Å². The first-order chi connectivity index (χ1) is 15.7. The lowest BCUT2D eigenvalue weighted by Crippen LogP contribution is -2.50. The molecule has 0 heterocycles. The van der Waals surface area contributed by atoms with Gasteiger partial charge in [0.1, 0.15) is 6.04 Å². The molecule has 8 heteroatoms. The molecule has 0 spiro atoms. The Labute approximate surface area is 216 Å². The van der Waals surface area contributed by atoms with E-state index in [-0.39, 0.29) is 24.4 Å². The number of carbonyl (C=O) groups excluding carboxylic acids is 2. The maximum Gasteiger partial charge on any atom is 0.243 e. The van der Waals surface area contributed by atoms with Crippen molar-refractivity contribution in [3.05, 3.63) is 63.1 Å². The summed E-state index contributed by atoms with van der Waals surface area (Å²) in [5.41, 5.74) is 0.764. The molecule has 2 atom stereocenters. The van der Waals surface area contributed by atoms with Crippen molar-refractivity contribution in [1.82, 2.24) is 10.2 Å². The number of halogens is 3. The quantitative estimate of drug-likeness (QED) is 0.233. The van der Waals surface area contributed by atoms with Gasteiger partial charge in [0.2, 0.25) is 11.8 Å². The fourth-order valence-electron chi connectivity index (χ4n) is 3.28. The monoisotopic (exact) mass is 528 g/mol. The second kappa shape index (κ2) is 14.1. The number of amides is 2. The summed E-state index contributed by atoms with van der Waals surface area (Å²) in [5.74, 6) is 0.586. The van der Waals surface area contributed by atoms with Gasteiger partial charge >= 0.3 is 0 Å². The Morgan fingerprint density at radius 1 is 1.00 bits per heavy atom. The number of hydrogen-bond donors (Lipinski definition) is 1. The van der Waals surface area contributed by atoms with Crippen LogP contribution in [0.3, 0.4) is 0 Å². The standard InChI is InChI=1S/C25H31Cl3N2O2S/c1-4-17(3)29-25(32)23(5-2)30(16-18-8-9-20(27)15-22(18)28)24(31)7-6-14-33-21-12-10-19(26)11-13-21/h8-13,15,17,23H,4-7,14,16H2,1-3H3,(H,29,32)/t17-,23-/m0/s1. The van der Waals surface area contributed by atoms with Crippen LogP contribution in [0, 0.1) is 0 Å². The minimum Gasteiger partial charge on any atom is -0.352 e. The Balaban J connectivity index is 2.10. The Hall–Kier alpha value is -1.40. The van der Waals surface area contributed by atoms with E-state index in [9.17, 15) is 9.59 Å². The van der Waals surface area contributed by atoms with Crippen LogP contribution in [0.5, 0.6) is 0 Å². The average molecular weight is 530 g/mol. The van der Waals surface area contributed by atoms with E-state index >= 15 is 0 Å². The lowest BCUT2D eigenvalue weighted by Gasteiger charge is -2.32. The topological polar surface area (TPSA) is 49.4 Å². The van der Waals surface area contributed by atoms with Crippen molar-refractivity contribution in [2.45, 2.75) is 70.0 Å². The van der Waals surface area contributed by atoms with Crippen LogP contribution in [-0.4, -0.2) is 34.6 Å². The SMILES string of the molecule is CC[C@H](C)NC(=O)[C@H](CC)N(Cc1ccc(Cl)cc1Cl)C(=O)CCCSc1ccc(Cl)cc1. The summed E-state index contributed by atoms with van der Waals surface area (Å²) in [7, 11) is 0. The summed E-state index contributed by atoms with van der Waals surface area (Å²) in [6, 6.07) is 12.3. The highest BCUT2D eigenvalue weighted by molar-refractivity contribution is 7.99. The molecule has 0 aromatic heterocycles. The summed E-state index contributed by atoms with van der Waals surface area (Å²) in [6.45, 7) is 6.15. The van der Waals surface area contributed by atoms with E-state index < -0.39 is 6.04 Å². The maximum absolute atomic E-state index is 13.3. The van der Waals surface area contributed by atoms with E-state index in [1.54, 1.807) is 34.9 Å². The van der Waals surface area contributed by atoms with E-state index in [1.165, 1.54) is 0 Å². The molecule has 0 bridgehead atoms. The van der Waals surface area contributed by atoms with Crippen molar-refractivity contribution in [2.75, 3.05) is 5.75 Å². The number of nitrogens with zero attached hydrogens (tertiary/aromatic N) is 1. The second-order valence-electron chi connectivity index (χ2n) is 7.91. The van der Waals surface area contributed by atoms with Crippen molar-refractivity contribution < 1.29 is 9.59 Å². The van der Waals surface area contributed by atoms with Gasteiger partial charge in [0.05, 0.1) is 0 Å². The molecule has 2 aromatic rings. The Kier molecular flexibility index (Phi) is 11.9. The molecule has 180 valence electrons. The summed E-state index contributed by atoms with van der Waals surface area (Å²) >= 11 is 20.0. The molecule has 0 saturated carbocycles. The third kappa shape index (κ3) is 9.05. The number of hydrogen-bond acceptors (Lipinski definition) is 3. The predicted molar refractivity (Wildman–Crippen MR) is 140 cm³/mol. The molecule has 2 amide bonds. The molecule has 0 aliphatic carbocycles. The molecule has 0 saturated heterocycles. The van der Waals surface area contributed by atoms with Crippen LogP contribution in [0.25, 0.3) is 0 Å². The minimum absolute atomic E-state index is 0.0402. The highest BCUT2D eigenvalue weighted by atomic mass is 35.5. The van der Waals surface area contributed by atoms with E-state index in [2.05, 4.69) is 5.32 Å². The lowest BCUT2D eigenvalue weighted by molar-refractivity contribution is -0.141. The first-order valence-corrected chi connectivity index (χ1v) is 13.3. The van der Waals surface area contributed by atoms with Gasteiger partial charge in [-0.25, -0.2) is 0 Å². The van der Waals surface area contributed by atoms with Crippen LogP contribution < -0.4 is 5.32 Å². The van der Waals surface area contributed by atoms with E-state index in [0.717, 1.165) is 22.6 Å². The number of carbonyl (C=O) groups is 2. The average Bonchev–Trinajstić information content (AvgIpc) is 2.78. The zero-order chi connectivity index (χ0) is 24.4. The predicted octanol–water partition coefficient (Wildman–Crippen LogP) is 7.24. The van der Waals surface area contributed by atoms with E-state index in [4.69, 9.17) is 34.8 Å².